The highest BCUT2D eigenvalue weighted by molar-refractivity contribution is 6.06. The number of para-hydroxylation sites is 1. The van der Waals surface area contributed by atoms with E-state index in [9.17, 15) is 4.79 Å². The number of nitrogens with one attached hydrogen (secondary N) is 1. The number of morpholine rings is 1. The highest BCUT2D eigenvalue weighted by Gasteiger charge is 2.26. The van der Waals surface area contributed by atoms with Gasteiger partial charge in [0.15, 0.2) is 0 Å². The summed E-state index contributed by atoms with van der Waals surface area (Å²) in [6.07, 6.45) is -0.245. The molecular weight excluding hydrogens is 390 g/mol. The maximum absolute atomic E-state index is 13.0. The average molecular weight is 420 g/mol. The van der Waals surface area contributed by atoms with Gasteiger partial charge in [-0.3, -0.25) is 4.79 Å². The van der Waals surface area contributed by atoms with Gasteiger partial charge in [-0.15, -0.1) is 0 Å². The van der Waals surface area contributed by atoms with Gasteiger partial charge < -0.3 is 15.0 Å². The molecule has 1 aromatic carbocycles. The van der Waals surface area contributed by atoms with Gasteiger partial charge in [-0.05, 0) is 31.9 Å². The van der Waals surface area contributed by atoms with Crippen molar-refractivity contribution in [2.75, 3.05) is 31.1 Å². The highest BCUT2D eigenvalue weighted by Crippen LogP contribution is 2.28. The van der Waals surface area contributed by atoms with Crippen molar-refractivity contribution in [1.82, 2.24) is 20.3 Å². The summed E-state index contributed by atoms with van der Waals surface area (Å²) in [6, 6.07) is 11.6. The van der Waals surface area contributed by atoms with Crippen molar-refractivity contribution < 1.29 is 9.53 Å². The predicted octanol–water partition coefficient (Wildman–Crippen LogP) is 3.61. The van der Waals surface area contributed by atoms with Crippen LogP contribution in [-0.2, 0) is 4.74 Å². The van der Waals surface area contributed by atoms with Crippen LogP contribution in [0.25, 0.3) is 10.9 Å². The minimum atomic E-state index is -0.245. The summed E-state index contributed by atoms with van der Waals surface area (Å²) in [5.74, 6) is 1.95. The molecule has 1 saturated heterocycles. The largest absolute Gasteiger partial charge is 0.368 e. The van der Waals surface area contributed by atoms with Gasteiger partial charge in [0.05, 0.1) is 29.9 Å². The number of aryl methyl sites for hydroxylation is 2. The van der Waals surface area contributed by atoms with E-state index < -0.39 is 0 Å². The average Bonchev–Trinajstić information content (AvgIpc) is 2.76. The molecule has 1 amide bonds. The number of anilines is 1. The number of carbonyl (C=O) groups excluding carboxylic acids is 1. The number of benzene rings is 1. The van der Waals surface area contributed by atoms with Crippen molar-refractivity contribution in [2.45, 2.75) is 33.8 Å². The molecule has 7 nitrogen and oxygen atoms in total. The summed E-state index contributed by atoms with van der Waals surface area (Å²) in [4.78, 5) is 29.0. The number of fused-ring (bicyclic) bond motifs is 1. The summed E-state index contributed by atoms with van der Waals surface area (Å²) in [6.45, 7) is 10.6. The quantitative estimate of drug-likeness (QED) is 0.681. The van der Waals surface area contributed by atoms with Gasteiger partial charge in [0.1, 0.15) is 17.7 Å². The van der Waals surface area contributed by atoms with E-state index in [1.165, 1.54) is 0 Å². The topological polar surface area (TPSA) is 80.2 Å². The molecule has 0 aliphatic carbocycles. The minimum Gasteiger partial charge on any atom is -0.368 e. The number of rotatable bonds is 5. The molecule has 0 radical (unpaired) electrons. The molecule has 1 N–H and O–H groups in total. The third kappa shape index (κ3) is 4.82. The Morgan fingerprint density at radius 1 is 1.19 bits per heavy atom. The Morgan fingerprint density at radius 2 is 2.00 bits per heavy atom. The van der Waals surface area contributed by atoms with E-state index in [-0.39, 0.29) is 12.0 Å². The Hall–Kier alpha value is -3.06. The van der Waals surface area contributed by atoms with E-state index in [4.69, 9.17) is 9.72 Å². The number of nitrogens with zero attached hydrogens (tertiary/aromatic N) is 4. The molecule has 3 heterocycles. The van der Waals surface area contributed by atoms with Gasteiger partial charge in [-0.1, -0.05) is 32.0 Å². The lowest BCUT2D eigenvalue weighted by molar-refractivity contribution is 0.0369. The molecule has 0 saturated carbocycles. The lowest BCUT2D eigenvalue weighted by atomic mass is 10.0. The van der Waals surface area contributed by atoms with Gasteiger partial charge in [0.2, 0.25) is 0 Å². The van der Waals surface area contributed by atoms with E-state index in [0.29, 0.717) is 31.2 Å². The second-order valence-corrected chi connectivity index (χ2v) is 8.44. The van der Waals surface area contributed by atoms with Crippen molar-refractivity contribution in [3.63, 3.8) is 0 Å². The lowest BCUT2D eigenvalue weighted by Gasteiger charge is -2.33. The molecule has 162 valence electrons. The van der Waals surface area contributed by atoms with Crippen LogP contribution in [0.5, 0.6) is 0 Å². The third-order valence-electron chi connectivity index (χ3n) is 5.32. The van der Waals surface area contributed by atoms with E-state index in [0.717, 1.165) is 40.5 Å². The molecule has 1 unspecified atom stereocenters. The Bertz CT molecular complexity index is 1080. The summed E-state index contributed by atoms with van der Waals surface area (Å²) in [7, 11) is 0. The molecular formula is C24H29N5O2. The maximum Gasteiger partial charge on any atom is 0.252 e. The Morgan fingerprint density at radius 3 is 2.77 bits per heavy atom. The summed E-state index contributed by atoms with van der Waals surface area (Å²) in [5.41, 5.74) is 3.14. The van der Waals surface area contributed by atoms with Crippen LogP contribution in [0.15, 0.2) is 36.4 Å². The first-order valence-corrected chi connectivity index (χ1v) is 10.8. The van der Waals surface area contributed by atoms with Crippen LogP contribution >= 0.6 is 0 Å². The molecule has 0 spiro atoms. The first kappa shape index (κ1) is 21.2. The van der Waals surface area contributed by atoms with Gasteiger partial charge in [-0.25, -0.2) is 15.0 Å². The smallest absolute Gasteiger partial charge is 0.252 e. The zero-order valence-electron chi connectivity index (χ0n) is 18.6. The van der Waals surface area contributed by atoms with Gasteiger partial charge in [0.25, 0.3) is 5.91 Å². The second-order valence-electron chi connectivity index (χ2n) is 8.44. The van der Waals surface area contributed by atoms with Crippen LogP contribution in [0.4, 0.5) is 5.82 Å². The minimum absolute atomic E-state index is 0.0803. The molecule has 2 aromatic heterocycles. The van der Waals surface area contributed by atoms with Crippen LogP contribution in [0, 0.1) is 19.8 Å². The predicted molar refractivity (Wildman–Crippen MR) is 121 cm³/mol. The number of hydrogen-bond acceptors (Lipinski definition) is 6. The van der Waals surface area contributed by atoms with Crippen LogP contribution in [0.2, 0.25) is 0 Å². The third-order valence-corrected chi connectivity index (χ3v) is 5.32. The van der Waals surface area contributed by atoms with Crippen LogP contribution in [-0.4, -0.2) is 47.1 Å². The number of hydrogen-bond donors (Lipinski definition) is 1. The highest BCUT2D eigenvalue weighted by atomic mass is 16.5. The molecule has 1 fully saturated rings. The van der Waals surface area contributed by atoms with Gasteiger partial charge in [-0.2, -0.15) is 0 Å². The van der Waals surface area contributed by atoms with E-state index in [1.807, 2.05) is 50.2 Å². The van der Waals surface area contributed by atoms with E-state index >= 15 is 0 Å². The van der Waals surface area contributed by atoms with Crippen LogP contribution in [0.1, 0.15) is 47.5 Å². The van der Waals surface area contributed by atoms with Crippen LogP contribution < -0.4 is 10.2 Å². The molecule has 1 atom stereocenters. The summed E-state index contributed by atoms with van der Waals surface area (Å²) < 4.78 is 6.08. The molecule has 0 bridgehead atoms. The zero-order valence-corrected chi connectivity index (χ0v) is 18.6. The Balaban J connectivity index is 1.66. The van der Waals surface area contributed by atoms with E-state index in [1.54, 1.807) is 0 Å². The monoisotopic (exact) mass is 419 g/mol. The summed E-state index contributed by atoms with van der Waals surface area (Å²) in [5, 5.41) is 3.88. The first-order chi connectivity index (χ1) is 14.9. The van der Waals surface area contributed by atoms with E-state index in [2.05, 4.69) is 34.0 Å². The fourth-order valence-corrected chi connectivity index (χ4v) is 3.84. The number of ether oxygens (including phenoxy) is 1. The number of pyridine rings is 1. The Labute approximate surface area is 182 Å². The van der Waals surface area contributed by atoms with Crippen molar-refractivity contribution >= 4 is 22.6 Å². The van der Waals surface area contributed by atoms with Gasteiger partial charge in [0, 0.05) is 30.2 Å². The fraction of sp³-hybridized carbons (Fsp3) is 0.417. The van der Waals surface area contributed by atoms with Crippen LogP contribution in [0.3, 0.4) is 0 Å². The molecule has 3 aromatic rings. The van der Waals surface area contributed by atoms with Crippen molar-refractivity contribution in [3.05, 3.63) is 59.2 Å². The fourth-order valence-electron chi connectivity index (χ4n) is 3.84. The normalized spacial score (nSPS) is 16.7. The molecule has 31 heavy (non-hydrogen) atoms. The molecule has 1 aliphatic heterocycles. The van der Waals surface area contributed by atoms with Gasteiger partial charge >= 0.3 is 0 Å². The number of amides is 1. The van der Waals surface area contributed by atoms with Crippen molar-refractivity contribution in [2.24, 2.45) is 5.92 Å². The molecule has 7 heteroatoms. The standard InChI is InChI=1S/C24H29N5O2/c1-15(2)13-25-24(30)19-12-21(28-20-8-6-5-7-18(19)20)22-14-29(9-10-31-22)23-11-16(3)26-17(4)27-23/h5-8,11-12,15,22H,9-10,13-14H2,1-4H3,(H,25,30). The lowest BCUT2D eigenvalue weighted by Crippen LogP contribution is -2.39. The number of aromatic nitrogens is 3. The van der Waals surface area contributed by atoms with Crippen molar-refractivity contribution in [3.8, 4) is 0 Å². The SMILES string of the molecule is Cc1cc(N2CCOC(c3cc(C(=O)NCC(C)C)c4ccccc4n3)C2)nc(C)n1. The molecule has 1 aliphatic rings. The molecule has 4 rings (SSSR count). The zero-order chi connectivity index (χ0) is 22.0. The second kappa shape index (κ2) is 8.98. The van der Waals surface area contributed by atoms with Crippen molar-refractivity contribution in [1.29, 1.82) is 0 Å². The Kier molecular flexibility index (Phi) is 6.13. The maximum atomic E-state index is 13.0. The first-order valence-electron chi connectivity index (χ1n) is 10.8. The summed E-state index contributed by atoms with van der Waals surface area (Å²) >= 11 is 0. The number of carbonyl (C=O) groups is 1.